The van der Waals surface area contributed by atoms with Crippen LogP contribution in [-0.2, 0) is 19.1 Å². The second-order valence-corrected chi connectivity index (χ2v) is 10.2. The zero-order valence-corrected chi connectivity index (χ0v) is 21.5. The molecule has 0 fully saturated rings. The van der Waals surface area contributed by atoms with Gasteiger partial charge in [-0.25, -0.2) is 0 Å². The van der Waals surface area contributed by atoms with Gasteiger partial charge in [-0.2, -0.15) is 0 Å². The Kier molecular flexibility index (Phi) is 6.02. The van der Waals surface area contributed by atoms with Crippen LogP contribution in [0.15, 0.2) is 65.9 Å². The van der Waals surface area contributed by atoms with E-state index in [9.17, 15) is 14.4 Å². The van der Waals surface area contributed by atoms with Gasteiger partial charge in [-0.05, 0) is 45.5 Å². The lowest BCUT2D eigenvalue weighted by Gasteiger charge is -2.44. The molecular weight excluding hydrogens is 470 g/mol. The van der Waals surface area contributed by atoms with E-state index in [-0.39, 0.29) is 18.2 Å². The number of hydrogen-bond acceptors (Lipinski definition) is 7. The first kappa shape index (κ1) is 24.6. The highest BCUT2D eigenvalue weighted by atomic mass is 16.6. The third kappa shape index (κ3) is 4.04. The zero-order chi connectivity index (χ0) is 26.5. The Labute approximate surface area is 215 Å². The van der Waals surface area contributed by atoms with Crippen LogP contribution in [0.2, 0.25) is 0 Å². The molecule has 0 spiro atoms. The smallest absolute Gasteiger partial charge is 0.315 e. The Morgan fingerprint density at radius 1 is 1.00 bits per heavy atom. The van der Waals surface area contributed by atoms with Crippen molar-refractivity contribution in [3.8, 4) is 11.5 Å². The molecule has 7 nitrogen and oxygen atoms in total. The lowest BCUT2D eigenvalue weighted by atomic mass is 9.63. The van der Waals surface area contributed by atoms with Crippen molar-refractivity contribution in [1.82, 2.24) is 0 Å². The number of Topliss-reactive ketones (excluding diaryl/α,β-unsaturated/α-hetero) is 1. The van der Waals surface area contributed by atoms with E-state index in [4.69, 9.17) is 14.2 Å². The molecule has 190 valence electrons. The summed E-state index contributed by atoms with van der Waals surface area (Å²) in [6.45, 7) is 5.16. The van der Waals surface area contributed by atoms with E-state index in [2.05, 4.69) is 5.32 Å². The largest absolute Gasteiger partial charge is 0.493 e. The molecule has 3 aromatic rings. The zero-order valence-electron chi connectivity index (χ0n) is 21.5. The molecular formula is C30H29NO6. The molecule has 3 aromatic carbocycles. The molecule has 1 heterocycles. The maximum Gasteiger partial charge on any atom is 0.315 e. The fraction of sp³-hybridized carbons (Fsp3) is 0.300. The Hall–Kier alpha value is -4.13. The molecule has 1 aliphatic carbocycles. The van der Waals surface area contributed by atoms with E-state index < -0.39 is 23.2 Å². The lowest BCUT2D eigenvalue weighted by Crippen LogP contribution is -2.44. The van der Waals surface area contributed by atoms with Crippen LogP contribution in [0.1, 0.15) is 44.2 Å². The number of rotatable bonds is 4. The van der Waals surface area contributed by atoms with Crippen molar-refractivity contribution in [1.29, 1.82) is 0 Å². The van der Waals surface area contributed by atoms with Crippen LogP contribution in [0.4, 0.5) is 5.69 Å². The van der Waals surface area contributed by atoms with Crippen molar-refractivity contribution in [3.63, 3.8) is 0 Å². The van der Waals surface area contributed by atoms with Gasteiger partial charge in [0.15, 0.2) is 17.3 Å². The first-order valence-corrected chi connectivity index (χ1v) is 12.2. The monoisotopic (exact) mass is 499 g/mol. The average Bonchev–Trinajstić information content (AvgIpc) is 2.86. The second kappa shape index (κ2) is 9.07. The number of methoxy groups -OCH3 is 2. The fourth-order valence-electron chi connectivity index (χ4n) is 5.76. The topological polar surface area (TPSA) is 90.9 Å². The van der Waals surface area contributed by atoms with Crippen LogP contribution >= 0.6 is 0 Å². The third-order valence-electron chi connectivity index (χ3n) is 7.31. The number of esters is 2. The predicted molar refractivity (Wildman–Crippen MR) is 140 cm³/mol. The van der Waals surface area contributed by atoms with Crippen molar-refractivity contribution in [3.05, 3.63) is 77.0 Å². The summed E-state index contributed by atoms with van der Waals surface area (Å²) in [6.07, 6.45) is 0.201. The average molecular weight is 500 g/mol. The minimum atomic E-state index is -0.644. The van der Waals surface area contributed by atoms with E-state index in [1.807, 2.05) is 56.3 Å². The highest BCUT2D eigenvalue weighted by molar-refractivity contribution is 6.06. The van der Waals surface area contributed by atoms with Crippen LogP contribution in [0, 0.1) is 11.3 Å². The van der Waals surface area contributed by atoms with Crippen LogP contribution in [0.25, 0.3) is 10.8 Å². The molecule has 0 bridgehead atoms. The number of allylic oxidation sites excluding steroid dienone is 1. The normalized spacial score (nSPS) is 20.0. The summed E-state index contributed by atoms with van der Waals surface area (Å²) in [4.78, 5) is 38.5. The maximum atomic E-state index is 13.8. The van der Waals surface area contributed by atoms with Crippen molar-refractivity contribution >= 4 is 34.2 Å². The molecule has 2 aliphatic rings. The molecule has 0 unspecified atom stereocenters. The number of carbonyl (C=O) groups excluding carboxylic acids is 3. The van der Waals surface area contributed by atoms with Crippen molar-refractivity contribution < 1.29 is 28.6 Å². The van der Waals surface area contributed by atoms with E-state index in [1.54, 1.807) is 12.1 Å². The Balaban J connectivity index is 1.82. The van der Waals surface area contributed by atoms with Crippen LogP contribution in [-0.4, -0.2) is 31.9 Å². The molecule has 5 rings (SSSR count). The molecule has 1 N–H and O–H groups in total. The number of nitrogens with one attached hydrogen (secondary N) is 1. The highest BCUT2D eigenvalue weighted by Gasteiger charge is 2.50. The maximum absolute atomic E-state index is 13.8. The summed E-state index contributed by atoms with van der Waals surface area (Å²) >= 11 is 0. The minimum Gasteiger partial charge on any atom is -0.493 e. The Morgan fingerprint density at radius 2 is 1.76 bits per heavy atom. The van der Waals surface area contributed by atoms with Gasteiger partial charge in [0.1, 0.15) is 5.92 Å². The first-order chi connectivity index (χ1) is 17.7. The number of hydrogen-bond donors (Lipinski definition) is 1. The van der Waals surface area contributed by atoms with E-state index in [0.717, 1.165) is 27.6 Å². The van der Waals surface area contributed by atoms with Gasteiger partial charge in [0.05, 0.1) is 14.2 Å². The number of carbonyl (C=O) groups is 3. The number of benzene rings is 3. The van der Waals surface area contributed by atoms with Gasteiger partial charge in [0, 0.05) is 36.2 Å². The number of ketones is 1. The molecule has 0 saturated heterocycles. The number of anilines is 1. The van der Waals surface area contributed by atoms with Crippen molar-refractivity contribution in [2.45, 2.75) is 33.1 Å². The van der Waals surface area contributed by atoms with Gasteiger partial charge < -0.3 is 19.5 Å². The number of ether oxygens (including phenoxy) is 3. The van der Waals surface area contributed by atoms with Gasteiger partial charge in [-0.3, -0.25) is 14.4 Å². The second-order valence-electron chi connectivity index (χ2n) is 10.2. The first-order valence-electron chi connectivity index (χ1n) is 12.2. The SMILES string of the molecule is COC(=O)[C@H]1C2=C(C(=O)CC1(C)C)[C@H](c1ccc(OC(C)=O)c(OC)c1)c1c(ccc3ccccc13)N2. The van der Waals surface area contributed by atoms with Gasteiger partial charge in [-0.1, -0.05) is 50.2 Å². The quantitative estimate of drug-likeness (QED) is 0.381. The molecule has 0 radical (unpaired) electrons. The summed E-state index contributed by atoms with van der Waals surface area (Å²) in [5.74, 6) is -1.32. The van der Waals surface area contributed by atoms with Crippen LogP contribution < -0.4 is 14.8 Å². The van der Waals surface area contributed by atoms with Gasteiger partial charge in [-0.15, -0.1) is 0 Å². The molecule has 37 heavy (non-hydrogen) atoms. The molecule has 0 aromatic heterocycles. The lowest BCUT2D eigenvalue weighted by molar-refractivity contribution is -0.148. The fourth-order valence-corrected chi connectivity index (χ4v) is 5.76. The van der Waals surface area contributed by atoms with Crippen molar-refractivity contribution in [2.24, 2.45) is 11.3 Å². The molecule has 2 atom stereocenters. The minimum absolute atomic E-state index is 0.0285. The van der Waals surface area contributed by atoms with Crippen LogP contribution in [0.5, 0.6) is 11.5 Å². The predicted octanol–water partition coefficient (Wildman–Crippen LogP) is 5.37. The summed E-state index contributed by atoms with van der Waals surface area (Å²) < 4.78 is 16.1. The van der Waals surface area contributed by atoms with Gasteiger partial charge in [0.2, 0.25) is 0 Å². The van der Waals surface area contributed by atoms with Crippen molar-refractivity contribution in [2.75, 3.05) is 19.5 Å². The molecule has 7 heteroatoms. The Bertz CT molecular complexity index is 1480. The van der Waals surface area contributed by atoms with Crippen LogP contribution in [0.3, 0.4) is 0 Å². The molecule has 0 saturated carbocycles. The summed E-state index contributed by atoms with van der Waals surface area (Å²) in [6, 6.07) is 17.3. The van der Waals surface area contributed by atoms with E-state index in [0.29, 0.717) is 22.8 Å². The highest BCUT2D eigenvalue weighted by Crippen LogP contribution is 2.53. The summed E-state index contributed by atoms with van der Waals surface area (Å²) in [7, 11) is 2.87. The standard InChI is InChI=1S/C30H29NO6/c1-16(32)37-22-13-11-18(14-23(22)35-4)24-25-19-9-7-6-8-17(19)10-12-20(25)31-28-26(24)21(33)15-30(2,3)27(28)29(34)36-5/h6-14,24,27,31H,15H2,1-5H3/t24-,27-/m1/s1. The number of fused-ring (bicyclic) bond motifs is 3. The van der Waals surface area contributed by atoms with E-state index in [1.165, 1.54) is 21.1 Å². The molecule has 0 amide bonds. The molecule has 1 aliphatic heterocycles. The van der Waals surface area contributed by atoms with E-state index >= 15 is 0 Å². The summed E-state index contributed by atoms with van der Waals surface area (Å²) in [5, 5.41) is 5.50. The Morgan fingerprint density at radius 3 is 2.46 bits per heavy atom. The van der Waals surface area contributed by atoms with Gasteiger partial charge >= 0.3 is 11.9 Å². The summed E-state index contributed by atoms with van der Waals surface area (Å²) in [5.41, 5.74) is 3.03. The third-order valence-corrected chi connectivity index (χ3v) is 7.31. The van der Waals surface area contributed by atoms with Gasteiger partial charge in [0.25, 0.3) is 0 Å².